The average molecular weight is 239 g/mol. The summed E-state index contributed by atoms with van der Waals surface area (Å²) in [5, 5.41) is 0. The maximum absolute atomic E-state index is 6.44. The van der Waals surface area contributed by atoms with Crippen molar-refractivity contribution < 1.29 is 0 Å². The topological polar surface area (TPSA) is 26.0 Å². The normalized spacial score (nSPS) is 12.5. The van der Waals surface area contributed by atoms with Crippen molar-refractivity contribution in [3.63, 3.8) is 0 Å². The van der Waals surface area contributed by atoms with Crippen molar-refractivity contribution in [3.05, 3.63) is 69.8 Å². The highest BCUT2D eigenvalue weighted by Gasteiger charge is 2.14. The summed E-state index contributed by atoms with van der Waals surface area (Å²) >= 11 is 0. The summed E-state index contributed by atoms with van der Waals surface area (Å²) in [5.41, 5.74) is 14.0. The van der Waals surface area contributed by atoms with Gasteiger partial charge in [0.15, 0.2) is 0 Å². The van der Waals surface area contributed by atoms with Gasteiger partial charge in [0.2, 0.25) is 0 Å². The van der Waals surface area contributed by atoms with Crippen LogP contribution >= 0.6 is 0 Å². The zero-order valence-corrected chi connectivity index (χ0v) is 11.6. The average Bonchev–Trinajstić information content (AvgIpc) is 2.32. The standard InChI is InChI=1S/C17H21N/c1-11-8-9-15(10-14(11)4)17(18)16-12(2)6-5-7-13(16)3/h5-10,17H,18H2,1-4H3. The van der Waals surface area contributed by atoms with Gasteiger partial charge in [-0.05, 0) is 61.1 Å². The van der Waals surface area contributed by atoms with Crippen LogP contribution in [0.2, 0.25) is 0 Å². The van der Waals surface area contributed by atoms with E-state index in [1.165, 1.54) is 33.4 Å². The van der Waals surface area contributed by atoms with Crippen molar-refractivity contribution in [2.24, 2.45) is 5.73 Å². The van der Waals surface area contributed by atoms with Crippen molar-refractivity contribution in [1.82, 2.24) is 0 Å². The number of rotatable bonds is 2. The molecule has 0 aliphatic carbocycles. The van der Waals surface area contributed by atoms with Crippen molar-refractivity contribution in [2.45, 2.75) is 33.7 Å². The smallest absolute Gasteiger partial charge is 0.0556 e. The molecule has 0 fully saturated rings. The first kappa shape index (κ1) is 12.8. The number of nitrogens with two attached hydrogens (primary N) is 1. The van der Waals surface area contributed by atoms with Gasteiger partial charge in [-0.3, -0.25) is 0 Å². The van der Waals surface area contributed by atoms with Crippen LogP contribution in [0, 0.1) is 27.7 Å². The first-order valence-corrected chi connectivity index (χ1v) is 6.39. The maximum atomic E-state index is 6.44. The molecule has 2 N–H and O–H groups in total. The molecule has 0 amide bonds. The van der Waals surface area contributed by atoms with Crippen LogP contribution < -0.4 is 5.73 Å². The van der Waals surface area contributed by atoms with Crippen LogP contribution in [-0.4, -0.2) is 0 Å². The lowest BCUT2D eigenvalue weighted by Crippen LogP contribution is -2.15. The second kappa shape index (κ2) is 4.95. The van der Waals surface area contributed by atoms with E-state index in [0.717, 1.165) is 0 Å². The second-order valence-corrected chi connectivity index (χ2v) is 5.13. The van der Waals surface area contributed by atoms with Crippen LogP contribution in [0.1, 0.15) is 39.4 Å². The van der Waals surface area contributed by atoms with Crippen LogP contribution in [0.25, 0.3) is 0 Å². The summed E-state index contributed by atoms with van der Waals surface area (Å²) in [4.78, 5) is 0. The lowest BCUT2D eigenvalue weighted by atomic mass is 9.91. The zero-order chi connectivity index (χ0) is 13.3. The van der Waals surface area contributed by atoms with Crippen LogP contribution in [0.5, 0.6) is 0 Å². The van der Waals surface area contributed by atoms with Gasteiger partial charge in [0.1, 0.15) is 0 Å². The molecule has 1 heteroatoms. The Morgan fingerprint density at radius 3 is 1.94 bits per heavy atom. The quantitative estimate of drug-likeness (QED) is 0.843. The minimum absolute atomic E-state index is 0.0366. The highest BCUT2D eigenvalue weighted by molar-refractivity contribution is 5.43. The Labute approximate surface area is 110 Å². The third-order valence-electron chi connectivity index (χ3n) is 3.74. The van der Waals surface area contributed by atoms with Crippen LogP contribution in [0.3, 0.4) is 0 Å². The first-order valence-electron chi connectivity index (χ1n) is 6.39. The number of aryl methyl sites for hydroxylation is 4. The number of benzene rings is 2. The zero-order valence-electron chi connectivity index (χ0n) is 11.6. The monoisotopic (exact) mass is 239 g/mol. The minimum Gasteiger partial charge on any atom is -0.320 e. The molecule has 94 valence electrons. The first-order chi connectivity index (χ1) is 8.50. The van der Waals surface area contributed by atoms with E-state index in [-0.39, 0.29) is 6.04 Å². The van der Waals surface area contributed by atoms with Crippen LogP contribution in [0.15, 0.2) is 36.4 Å². The van der Waals surface area contributed by atoms with E-state index < -0.39 is 0 Å². The molecule has 1 unspecified atom stereocenters. The third kappa shape index (κ3) is 2.32. The van der Waals surface area contributed by atoms with Gasteiger partial charge in [-0.2, -0.15) is 0 Å². The molecule has 1 atom stereocenters. The van der Waals surface area contributed by atoms with E-state index in [9.17, 15) is 0 Å². The molecule has 2 aromatic carbocycles. The molecule has 0 aliphatic rings. The fraction of sp³-hybridized carbons (Fsp3) is 0.294. The Kier molecular flexibility index (Phi) is 3.53. The van der Waals surface area contributed by atoms with E-state index in [1.807, 2.05) is 0 Å². The SMILES string of the molecule is Cc1ccc(C(N)c2c(C)cccc2C)cc1C. The summed E-state index contributed by atoms with van der Waals surface area (Å²) in [5.74, 6) is 0. The van der Waals surface area contributed by atoms with E-state index in [4.69, 9.17) is 5.73 Å². The van der Waals surface area contributed by atoms with E-state index >= 15 is 0 Å². The summed E-state index contributed by atoms with van der Waals surface area (Å²) in [6.45, 7) is 8.52. The van der Waals surface area contributed by atoms with Crippen molar-refractivity contribution >= 4 is 0 Å². The molecule has 0 spiro atoms. The molecule has 0 saturated heterocycles. The van der Waals surface area contributed by atoms with Gasteiger partial charge in [-0.15, -0.1) is 0 Å². The second-order valence-electron chi connectivity index (χ2n) is 5.13. The van der Waals surface area contributed by atoms with E-state index in [0.29, 0.717) is 0 Å². The Hall–Kier alpha value is -1.60. The molecular weight excluding hydrogens is 218 g/mol. The predicted octanol–water partition coefficient (Wildman–Crippen LogP) is 3.97. The number of hydrogen-bond acceptors (Lipinski definition) is 1. The molecule has 0 heterocycles. The molecule has 1 nitrogen and oxygen atoms in total. The molecular formula is C17H21N. The van der Waals surface area contributed by atoms with Gasteiger partial charge >= 0.3 is 0 Å². The molecule has 0 bridgehead atoms. The lowest BCUT2D eigenvalue weighted by molar-refractivity contribution is 0.849. The highest BCUT2D eigenvalue weighted by Crippen LogP contribution is 2.26. The molecule has 18 heavy (non-hydrogen) atoms. The maximum Gasteiger partial charge on any atom is 0.0556 e. The van der Waals surface area contributed by atoms with Gasteiger partial charge in [0.05, 0.1) is 6.04 Å². The van der Waals surface area contributed by atoms with Gasteiger partial charge in [-0.1, -0.05) is 36.4 Å². The fourth-order valence-corrected chi connectivity index (χ4v) is 2.44. The molecule has 0 aromatic heterocycles. The van der Waals surface area contributed by atoms with Crippen LogP contribution in [0.4, 0.5) is 0 Å². The van der Waals surface area contributed by atoms with E-state index in [1.54, 1.807) is 0 Å². The third-order valence-corrected chi connectivity index (χ3v) is 3.74. The van der Waals surface area contributed by atoms with Gasteiger partial charge < -0.3 is 5.73 Å². The van der Waals surface area contributed by atoms with Crippen molar-refractivity contribution in [3.8, 4) is 0 Å². The molecule has 2 rings (SSSR count). The van der Waals surface area contributed by atoms with E-state index in [2.05, 4.69) is 64.1 Å². The van der Waals surface area contributed by atoms with Crippen LogP contribution in [-0.2, 0) is 0 Å². The molecule has 2 aromatic rings. The Morgan fingerprint density at radius 1 is 0.778 bits per heavy atom. The van der Waals surface area contributed by atoms with Crippen molar-refractivity contribution in [2.75, 3.05) is 0 Å². The van der Waals surface area contributed by atoms with Gasteiger partial charge in [0, 0.05) is 0 Å². The summed E-state index contributed by atoms with van der Waals surface area (Å²) in [6.07, 6.45) is 0. The molecule has 0 saturated carbocycles. The lowest BCUT2D eigenvalue weighted by Gasteiger charge is -2.19. The summed E-state index contributed by atoms with van der Waals surface area (Å²) < 4.78 is 0. The van der Waals surface area contributed by atoms with Crippen molar-refractivity contribution in [1.29, 1.82) is 0 Å². The van der Waals surface area contributed by atoms with Gasteiger partial charge in [-0.25, -0.2) is 0 Å². The molecule has 0 aliphatic heterocycles. The Morgan fingerprint density at radius 2 is 1.39 bits per heavy atom. The number of hydrogen-bond donors (Lipinski definition) is 1. The molecule has 0 radical (unpaired) electrons. The minimum atomic E-state index is -0.0366. The predicted molar refractivity (Wildman–Crippen MR) is 77.9 cm³/mol. The Bertz CT molecular complexity index is 550. The summed E-state index contributed by atoms with van der Waals surface area (Å²) in [6, 6.07) is 12.8. The Balaban J connectivity index is 2.48. The highest BCUT2D eigenvalue weighted by atomic mass is 14.6. The summed E-state index contributed by atoms with van der Waals surface area (Å²) in [7, 11) is 0. The fourth-order valence-electron chi connectivity index (χ4n) is 2.44. The van der Waals surface area contributed by atoms with Gasteiger partial charge in [0.25, 0.3) is 0 Å². The largest absolute Gasteiger partial charge is 0.320 e.